The Hall–Kier alpha value is -0.456. The summed E-state index contributed by atoms with van der Waals surface area (Å²) in [6, 6.07) is 3.25. The fraction of sp³-hybridized carbons (Fsp3) is 0.333. The van der Waals surface area contributed by atoms with Gasteiger partial charge >= 0.3 is 18.6 Å². The maximum Gasteiger partial charge on any atom is 2.00 e. The van der Waals surface area contributed by atoms with Crippen LogP contribution in [-0.4, -0.2) is 0 Å². The number of hydrogen-bond donors (Lipinski definition) is 0. The molecular formula is C12H14V. The molecule has 0 aliphatic carbocycles. The SMILES string of the molecule is [CH-]=Cc1[c-]c(C)c(C)c(C)c1C.[V+2]. The van der Waals surface area contributed by atoms with E-state index in [9.17, 15) is 0 Å². The zero-order chi connectivity index (χ0) is 9.30. The Labute approximate surface area is 92.9 Å². The van der Waals surface area contributed by atoms with Gasteiger partial charge in [-0.15, -0.1) is 11.1 Å². The van der Waals surface area contributed by atoms with Gasteiger partial charge in [-0.25, -0.2) is 11.6 Å². The quantitative estimate of drug-likeness (QED) is 0.623. The Morgan fingerprint density at radius 3 is 2.00 bits per heavy atom. The second kappa shape index (κ2) is 4.69. The average molecular weight is 209 g/mol. The van der Waals surface area contributed by atoms with Crippen LogP contribution in [0.1, 0.15) is 27.8 Å². The van der Waals surface area contributed by atoms with E-state index in [-0.39, 0.29) is 18.6 Å². The summed E-state index contributed by atoms with van der Waals surface area (Å²) in [6.45, 7) is 13.9. The van der Waals surface area contributed by atoms with Crippen LogP contribution in [0.4, 0.5) is 0 Å². The molecule has 0 fully saturated rings. The van der Waals surface area contributed by atoms with Gasteiger partial charge in [-0.1, -0.05) is 27.7 Å². The van der Waals surface area contributed by atoms with Crippen molar-refractivity contribution in [3.63, 3.8) is 0 Å². The Morgan fingerprint density at radius 2 is 1.54 bits per heavy atom. The van der Waals surface area contributed by atoms with Crippen molar-refractivity contribution >= 4 is 6.08 Å². The maximum absolute atomic E-state index is 5.48. The van der Waals surface area contributed by atoms with Gasteiger partial charge in [-0.2, -0.15) is 5.56 Å². The van der Waals surface area contributed by atoms with Crippen molar-refractivity contribution in [1.29, 1.82) is 0 Å². The van der Waals surface area contributed by atoms with Gasteiger partial charge in [0.1, 0.15) is 0 Å². The first kappa shape index (κ1) is 12.5. The van der Waals surface area contributed by atoms with Crippen LogP contribution < -0.4 is 0 Å². The van der Waals surface area contributed by atoms with E-state index in [1.165, 1.54) is 22.3 Å². The van der Waals surface area contributed by atoms with Crippen molar-refractivity contribution in [2.24, 2.45) is 0 Å². The van der Waals surface area contributed by atoms with Crippen LogP contribution in [0, 0.1) is 40.3 Å². The third-order valence-corrected chi connectivity index (χ3v) is 2.58. The first-order chi connectivity index (χ1) is 5.57. The van der Waals surface area contributed by atoms with Gasteiger partial charge in [-0.3, -0.25) is 0 Å². The summed E-state index contributed by atoms with van der Waals surface area (Å²) in [4.78, 5) is 0. The average Bonchev–Trinajstić information content (AvgIpc) is 2.08. The summed E-state index contributed by atoms with van der Waals surface area (Å²) in [5.74, 6) is 0. The molecule has 0 heterocycles. The molecule has 0 saturated carbocycles. The molecule has 0 unspecified atom stereocenters. The van der Waals surface area contributed by atoms with E-state index >= 15 is 0 Å². The van der Waals surface area contributed by atoms with Crippen molar-refractivity contribution in [1.82, 2.24) is 0 Å². The van der Waals surface area contributed by atoms with E-state index in [0.717, 1.165) is 5.56 Å². The second-order valence-electron chi connectivity index (χ2n) is 3.21. The molecule has 0 amide bonds. The van der Waals surface area contributed by atoms with Crippen molar-refractivity contribution in [2.45, 2.75) is 27.7 Å². The van der Waals surface area contributed by atoms with Crippen LogP contribution in [0.2, 0.25) is 0 Å². The normalized spacial score (nSPS) is 9.23. The van der Waals surface area contributed by atoms with Crippen LogP contribution in [0.5, 0.6) is 0 Å². The van der Waals surface area contributed by atoms with E-state index in [2.05, 4.69) is 33.8 Å². The molecule has 0 saturated heterocycles. The Morgan fingerprint density at radius 1 is 1.00 bits per heavy atom. The van der Waals surface area contributed by atoms with Gasteiger partial charge in [0, 0.05) is 0 Å². The molecule has 1 radical (unpaired) electrons. The van der Waals surface area contributed by atoms with E-state index in [1.54, 1.807) is 6.08 Å². The van der Waals surface area contributed by atoms with Gasteiger partial charge in [-0.05, 0) is 0 Å². The molecule has 0 spiro atoms. The number of rotatable bonds is 1. The van der Waals surface area contributed by atoms with Crippen LogP contribution in [0.15, 0.2) is 0 Å². The van der Waals surface area contributed by atoms with Crippen LogP contribution >= 0.6 is 0 Å². The van der Waals surface area contributed by atoms with E-state index < -0.39 is 0 Å². The second-order valence-corrected chi connectivity index (χ2v) is 3.21. The summed E-state index contributed by atoms with van der Waals surface area (Å²) in [5, 5.41) is 0. The van der Waals surface area contributed by atoms with Gasteiger partial charge in [0.2, 0.25) is 0 Å². The molecule has 67 valence electrons. The minimum absolute atomic E-state index is 0. The molecule has 0 N–H and O–H groups in total. The predicted molar refractivity (Wildman–Crippen MR) is 53.0 cm³/mol. The smallest absolute Gasteiger partial charge is 0.344 e. The first-order valence-corrected chi connectivity index (χ1v) is 4.12. The molecule has 0 nitrogen and oxygen atoms in total. The molecule has 0 bridgehead atoms. The molecule has 0 atom stereocenters. The largest absolute Gasteiger partial charge is 2.00 e. The zero-order valence-electron chi connectivity index (χ0n) is 8.60. The molecule has 0 aliphatic rings. The van der Waals surface area contributed by atoms with Crippen molar-refractivity contribution < 1.29 is 18.6 Å². The molecule has 1 rings (SSSR count). The standard InChI is InChI=1S/C12H14.V/c1-6-12-7-8(2)9(3)10(4)11(12)5;/h1,6H,2-5H3;/q-2;+2. The third-order valence-electron chi connectivity index (χ3n) is 2.58. The van der Waals surface area contributed by atoms with Crippen molar-refractivity contribution in [3.05, 3.63) is 40.5 Å². The third kappa shape index (κ3) is 2.27. The summed E-state index contributed by atoms with van der Waals surface area (Å²) < 4.78 is 0. The molecule has 0 aliphatic heterocycles. The molecule has 0 aromatic heterocycles. The molecule has 1 heteroatoms. The molecule has 13 heavy (non-hydrogen) atoms. The van der Waals surface area contributed by atoms with Gasteiger partial charge in [0.15, 0.2) is 0 Å². The predicted octanol–water partition coefficient (Wildman–Crippen LogP) is 3.16. The van der Waals surface area contributed by atoms with Crippen molar-refractivity contribution in [3.8, 4) is 0 Å². The van der Waals surface area contributed by atoms with Crippen LogP contribution in [0.25, 0.3) is 6.08 Å². The summed E-state index contributed by atoms with van der Waals surface area (Å²) in [6.07, 6.45) is 1.62. The zero-order valence-corrected chi connectivity index (χ0v) is 10.00. The van der Waals surface area contributed by atoms with Crippen LogP contribution in [-0.2, 0) is 18.6 Å². The fourth-order valence-electron chi connectivity index (χ4n) is 1.32. The minimum Gasteiger partial charge on any atom is -0.344 e. The van der Waals surface area contributed by atoms with E-state index in [0.29, 0.717) is 0 Å². The number of benzene rings is 1. The molecular weight excluding hydrogens is 195 g/mol. The minimum atomic E-state index is 0. The Kier molecular flexibility index (Phi) is 4.53. The monoisotopic (exact) mass is 209 g/mol. The van der Waals surface area contributed by atoms with Gasteiger partial charge < -0.3 is 18.2 Å². The van der Waals surface area contributed by atoms with Gasteiger partial charge in [0.25, 0.3) is 0 Å². The molecule has 1 aromatic carbocycles. The number of hydrogen-bond acceptors (Lipinski definition) is 0. The van der Waals surface area contributed by atoms with E-state index in [4.69, 9.17) is 6.58 Å². The topological polar surface area (TPSA) is 0 Å². The Bertz CT molecular complexity index is 324. The number of aryl methyl sites for hydroxylation is 1. The van der Waals surface area contributed by atoms with Crippen LogP contribution in [0.3, 0.4) is 0 Å². The Balaban J connectivity index is 0.00000144. The summed E-state index contributed by atoms with van der Waals surface area (Å²) >= 11 is 0. The first-order valence-electron chi connectivity index (χ1n) is 4.12. The van der Waals surface area contributed by atoms with Crippen molar-refractivity contribution in [2.75, 3.05) is 0 Å². The summed E-state index contributed by atoms with van der Waals surface area (Å²) in [5.41, 5.74) is 6.09. The summed E-state index contributed by atoms with van der Waals surface area (Å²) in [7, 11) is 0. The fourth-order valence-corrected chi connectivity index (χ4v) is 1.32. The van der Waals surface area contributed by atoms with Gasteiger partial charge in [0.05, 0.1) is 0 Å². The maximum atomic E-state index is 5.48. The van der Waals surface area contributed by atoms with E-state index in [1.807, 2.05) is 0 Å². The molecule has 1 aromatic rings.